The molecular formula is C15H15ClFNO. The van der Waals surface area contributed by atoms with E-state index in [1.807, 2.05) is 25.1 Å². The number of pyridine rings is 1. The van der Waals surface area contributed by atoms with Gasteiger partial charge in [0.2, 0.25) is 0 Å². The number of benzene rings is 1. The van der Waals surface area contributed by atoms with E-state index in [-0.39, 0.29) is 0 Å². The predicted molar refractivity (Wildman–Crippen MR) is 73.7 cm³/mol. The van der Waals surface area contributed by atoms with Gasteiger partial charge in [0.15, 0.2) is 0 Å². The molecule has 0 amide bonds. The van der Waals surface area contributed by atoms with E-state index in [1.54, 1.807) is 6.92 Å². The molecule has 0 bridgehead atoms. The Morgan fingerprint density at radius 3 is 2.63 bits per heavy atom. The molecule has 0 aliphatic rings. The van der Waals surface area contributed by atoms with Crippen LogP contribution in [0.1, 0.15) is 23.7 Å². The van der Waals surface area contributed by atoms with Crippen LogP contribution < -0.4 is 0 Å². The monoisotopic (exact) mass is 279 g/mol. The number of aliphatic hydroxyl groups is 1. The fraction of sp³-hybridized carbons (Fsp3) is 0.267. The Kier molecular flexibility index (Phi) is 3.88. The Morgan fingerprint density at radius 2 is 2.05 bits per heavy atom. The van der Waals surface area contributed by atoms with Gasteiger partial charge in [-0.25, -0.2) is 4.39 Å². The van der Waals surface area contributed by atoms with Crippen LogP contribution in [-0.4, -0.2) is 10.1 Å². The zero-order chi connectivity index (χ0) is 14.0. The van der Waals surface area contributed by atoms with Gasteiger partial charge in [-0.3, -0.25) is 4.98 Å². The first-order chi connectivity index (χ1) is 8.88. The molecule has 0 fully saturated rings. The van der Waals surface area contributed by atoms with Gasteiger partial charge < -0.3 is 5.11 Å². The van der Waals surface area contributed by atoms with E-state index in [2.05, 4.69) is 4.98 Å². The maximum absolute atomic E-state index is 12.8. The third kappa shape index (κ3) is 3.31. The van der Waals surface area contributed by atoms with Crippen molar-refractivity contribution < 1.29 is 9.50 Å². The molecule has 2 aromatic rings. The lowest BCUT2D eigenvalue weighted by Gasteiger charge is -2.23. The van der Waals surface area contributed by atoms with E-state index in [4.69, 9.17) is 11.6 Å². The number of aryl methyl sites for hydroxylation is 1. The molecule has 0 saturated heterocycles. The summed E-state index contributed by atoms with van der Waals surface area (Å²) in [5, 5.41) is 11.1. The topological polar surface area (TPSA) is 33.1 Å². The lowest BCUT2D eigenvalue weighted by atomic mass is 9.92. The van der Waals surface area contributed by atoms with Crippen LogP contribution in [0.5, 0.6) is 0 Å². The molecule has 0 aliphatic heterocycles. The third-order valence-electron chi connectivity index (χ3n) is 3.02. The standard InChI is InChI=1S/C15H15ClFNO/c1-10-3-4-11(13(16)7-10)8-15(2,19)14-6-5-12(17)9-18-14/h3-7,9,19H,8H2,1-2H3. The third-order valence-corrected chi connectivity index (χ3v) is 3.37. The van der Waals surface area contributed by atoms with Gasteiger partial charge in [0.25, 0.3) is 0 Å². The first-order valence-electron chi connectivity index (χ1n) is 5.98. The highest BCUT2D eigenvalue weighted by atomic mass is 35.5. The summed E-state index contributed by atoms with van der Waals surface area (Å²) in [5.41, 5.74) is 1.13. The van der Waals surface area contributed by atoms with E-state index in [1.165, 1.54) is 12.1 Å². The quantitative estimate of drug-likeness (QED) is 0.931. The van der Waals surface area contributed by atoms with Gasteiger partial charge in [-0.15, -0.1) is 0 Å². The molecule has 19 heavy (non-hydrogen) atoms. The van der Waals surface area contributed by atoms with Crippen LogP contribution in [0.15, 0.2) is 36.5 Å². The first-order valence-corrected chi connectivity index (χ1v) is 6.36. The molecule has 1 N–H and O–H groups in total. The van der Waals surface area contributed by atoms with Crippen LogP contribution in [0.3, 0.4) is 0 Å². The summed E-state index contributed by atoms with van der Waals surface area (Å²) in [6, 6.07) is 8.45. The van der Waals surface area contributed by atoms with E-state index < -0.39 is 11.4 Å². The summed E-state index contributed by atoms with van der Waals surface area (Å²) in [6.07, 6.45) is 1.42. The van der Waals surface area contributed by atoms with Crippen LogP contribution >= 0.6 is 11.6 Å². The van der Waals surface area contributed by atoms with Crippen LogP contribution in [0, 0.1) is 12.7 Å². The second kappa shape index (κ2) is 5.27. The normalized spacial score (nSPS) is 14.2. The molecule has 1 aromatic heterocycles. The fourth-order valence-electron chi connectivity index (χ4n) is 1.95. The minimum atomic E-state index is -1.19. The Labute approximate surface area is 116 Å². The number of halogens is 2. The maximum atomic E-state index is 12.8. The van der Waals surface area contributed by atoms with Crippen LogP contribution in [0.25, 0.3) is 0 Å². The molecule has 2 rings (SSSR count). The van der Waals surface area contributed by atoms with E-state index in [0.29, 0.717) is 17.1 Å². The van der Waals surface area contributed by atoms with E-state index in [0.717, 1.165) is 17.3 Å². The molecule has 1 unspecified atom stereocenters. The van der Waals surface area contributed by atoms with Gasteiger partial charge in [-0.05, 0) is 43.2 Å². The van der Waals surface area contributed by atoms with Crippen molar-refractivity contribution in [2.24, 2.45) is 0 Å². The SMILES string of the molecule is Cc1ccc(CC(C)(O)c2ccc(F)cn2)c(Cl)c1. The maximum Gasteiger partial charge on any atom is 0.141 e. The Hall–Kier alpha value is -1.45. The number of nitrogens with zero attached hydrogens (tertiary/aromatic N) is 1. The van der Waals surface area contributed by atoms with Crippen LogP contribution in [-0.2, 0) is 12.0 Å². The van der Waals surface area contributed by atoms with Gasteiger partial charge in [0, 0.05) is 11.4 Å². The smallest absolute Gasteiger partial charge is 0.141 e. The van der Waals surface area contributed by atoms with Crippen molar-refractivity contribution in [2.45, 2.75) is 25.9 Å². The summed E-state index contributed by atoms with van der Waals surface area (Å²) in [4.78, 5) is 3.93. The molecule has 100 valence electrons. The number of hydrogen-bond donors (Lipinski definition) is 1. The van der Waals surface area contributed by atoms with Crippen molar-refractivity contribution >= 4 is 11.6 Å². The van der Waals surface area contributed by atoms with Crippen LogP contribution in [0.2, 0.25) is 5.02 Å². The first kappa shape index (κ1) is 14.0. The van der Waals surface area contributed by atoms with Crippen LogP contribution in [0.4, 0.5) is 4.39 Å². The van der Waals surface area contributed by atoms with Gasteiger partial charge >= 0.3 is 0 Å². The van der Waals surface area contributed by atoms with E-state index >= 15 is 0 Å². The number of aromatic nitrogens is 1. The van der Waals surface area contributed by atoms with Gasteiger partial charge in [0.05, 0.1) is 11.9 Å². The molecule has 1 aromatic carbocycles. The van der Waals surface area contributed by atoms with Gasteiger partial charge in [0.1, 0.15) is 11.4 Å². The summed E-state index contributed by atoms with van der Waals surface area (Å²) in [7, 11) is 0. The fourth-order valence-corrected chi connectivity index (χ4v) is 2.25. The highest BCUT2D eigenvalue weighted by Gasteiger charge is 2.26. The van der Waals surface area contributed by atoms with Crippen molar-refractivity contribution in [3.05, 3.63) is 64.2 Å². The molecule has 0 radical (unpaired) electrons. The molecule has 0 spiro atoms. The lowest BCUT2D eigenvalue weighted by Crippen LogP contribution is -2.25. The van der Waals surface area contributed by atoms with Crippen molar-refractivity contribution in [1.29, 1.82) is 0 Å². The molecular weight excluding hydrogens is 265 g/mol. The Balaban J connectivity index is 2.27. The van der Waals surface area contributed by atoms with E-state index in [9.17, 15) is 9.50 Å². The Morgan fingerprint density at radius 1 is 1.32 bits per heavy atom. The summed E-state index contributed by atoms with van der Waals surface area (Å²) in [5.74, 6) is -0.423. The molecule has 1 atom stereocenters. The molecule has 0 aliphatic carbocycles. The summed E-state index contributed by atoms with van der Waals surface area (Å²) >= 11 is 6.16. The average molecular weight is 280 g/mol. The second-order valence-electron chi connectivity index (χ2n) is 4.91. The van der Waals surface area contributed by atoms with Gasteiger partial charge in [-0.1, -0.05) is 23.7 Å². The summed E-state index contributed by atoms with van der Waals surface area (Å²) in [6.45, 7) is 3.60. The minimum absolute atomic E-state index is 0.324. The molecule has 4 heteroatoms. The van der Waals surface area contributed by atoms with Crippen molar-refractivity contribution in [1.82, 2.24) is 4.98 Å². The largest absolute Gasteiger partial charge is 0.383 e. The van der Waals surface area contributed by atoms with Gasteiger partial charge in [-0.2, -0.15) is 0 Å². The average Bonchev–Trinajstić information content (AvgIpc) is 2.33. The van der Waals surface area contributed by atoms with Crippen molar-refractivity contribution in [2.75, 3.05) is 0 Å². The predicted octanol–water partition coefficient (Wildman–Crippen LogP) is 3.63. The zero-order valence-electron chi connectivity index (χ0n) is 10.8. The Bertz CT molecular complexity index is 581. The molecule has 2 nitrogen and oxygen atoms in total. The lowest BCUT2D eigenvalue weighted by molar-refractivity contribution is 0.0529. The summed E-state index contributed by atoms with van der Waals surface area (Å²) < 4.78 is 12.8. The number of rotatable bonds is 3. The highest BCUT2D eigenvalue weighted by Crippen LogP contribution is 2.28. The second-order valence-corrected chi connectivity index (χ2v) is 5.31. The highest BCUT2D eigenvalue weighted by molar-refractivity contribution is 6.31. The van der Waals surface area contributed by atoms with Crippen molar-refractivity contribution in [3.63, 3.8) is 0 Å². The molecule has 0 saturated carbocycles. The minimum Gasteiger partial charge on any atom is -0.383 e. The number of hydrogen-bond acceptors (Lipinski definition) is 2. The zero-order valence-corrected chi connectivity index (χ0v) is 11.6. The molecule has 1 heterocycles. The van der Waals surface area contributed by atoms with Crippen molar-refractivity contribution in [3.8, 4) is 0 Å².